The zero-order chi connectivity index (χ0) is 13.2. The SMILES string of the molecule is O[C@@H]1C[C@@H](c2cccc(F)c2)N(Cc2ccon2)C1. The third kappa shape index (κ3) is 2.67. The van der Waals surface area contributed by atoms with Gasteiger partial charge in [0.05, 0.1) is 11.8 Å². The van der Waals surface area contributed by atoms with E-state index in [-0.39, 0.29) is 18.0 Å². The first-order chi connectivity index (χ1) is 9.22. The number of likely N-dealkylation sites (tertiary alicyclic amines) is 1. The number of hydrogen-bond donors (Lipinski definition) is 1. The van der Waals surface area contributed by atoms with Gasteiger partial charge in [-0.05, 0) is 24.1 Å². The molecular formula is C14H15FN2O2. The van der Waals surface area contributed by atoms with Crippen LogP contribution in [0.2, 0.25) is 0 Å². The van der Waals surface area contributed by atoms with Gasteiger partial charge in [-0.1, -0.05) is 17.3 Å². The summed E-state index contributed by atoms with van der Waals surface area (Å²) in [6.07, 6.45) is 1.75. The molecule has 100 valence electrons. The Labute approximate surface area is 110 Å². The van der Waals surface area contributed by atoms with Gasteiger partial charge in [0.15, 0.2) is 0 Å². The quantitative estimate of drug-likeness (QED) is 0.920. The van der Waals surface area contributed by atoms with Crippen molar-refractivity contribution >= 4 is 0 Å². The first-order valence-corrected chi connectivity index (χ1v) is 6.29. The fourth-order valence-electron chi connectivity index (χ4n) is 2.64. The molecule has 2 heterocycles. The second-order valence-electron chi connectivity index (χ2n) is 4.88. The Morgan fingerprint density at radius 1 is 1.42 bits per heavy atom. The molecule has 19 heavy (non-hydrogen) atoms. The monoisotopic (exact) mass is 262 g/mol. The predicted molar refractivity (Wildman–Crippen MR) is 66.7 cm³/mol. The maximum atomic E-state index is 13.3. The van der Waals surface area contributed by atoms with Gasteiger partial charge in [-0.3, -0.25) is 4.90 Å². The molecule has 0 saturated carbocycles. The lowest BCUT2D eigenvalue weighted by atomic mass is 10.0. The minimum absolute atomic E-state index is 0.0161. The van der Waals surface area contributed by atoms with E-state index in [1.807, 2.05) is 6.07 Å². The van der Waals surface area contributed by atoms with Gasteiger partial charge < -0.3 is 9.63 Å². The maximum Gasteiger partial charge on any atom is 0.124 e. The van der Waals surface area contributed by atoms with Crippen LogP contribution in [0.25, 0.3) is 0 Å². The Morgan fingerprint density at radius 2 is 2.32 bits per heavy atom. The highest BCUT2D eigenvalue weighted by atomic mass is 19.1. The molecule has 5 heteroatoms. The standard InChI is InChI=1S/C14H15FN2O2/c15-11-3-1-2-10(6-11)14-7-13(18)9-17(14)8-12-4-5-19-16-12/h1-6,13-14,18H,7-9H2/t13-,14+/m1/s1. The van der Waals surface area contributed by atoms with Crippen LogP contribution in [-0.4, -0.2) is 27.8 Å². The van der Waals surface area contributed by atoms with Gasteiger partial charge in [0, 0.05) is 25.2 Å². The largest absolute Gasteiger partial charge is 0.392 e. The molecule has 3 rings (SSSR count). The summed E-state index contributed by atoms with van der Waals surface area (Å²) in [6, 6.07) is 8.36. The molecule has 0 radical (unpaired) electrons. The van der Waals surface area contributed by atoms with Crippen molar-refractivity contribution in [3.8, 4) is 0 Å². The Hall–Kier alpha value is -1.72. The number of nitrogens with zero attached hydrogens (tertiary/aromatic N) is 2. The average Bonchev–Trinajstić information content (AvgIpc) is 3.00. The minimum Gasteiger partial charge on any atom is -0.392 e. The van der Waals surface area contributed by atoms with Crippen molar-refractivity contribution in [2.24, 2.45) is 0 Å². The molecule has 1 N–H and O–H groups in total. The molecule has 0 amide bonds. The van der Waals surface area contributed by atoms with Crippen molar-refractivity contribution in [3.05, 3.63) is 53.7 Å². The van der Waals surface area contributed by atoms with Gasteiger partial charge in [0.25, 0.3) is 0 Å². The summed E-state index contributed by atoms with van der Waals surface area (Å²) in [5.74, 6) is -0.250. The van der Waals surface area contributed by atoms with E-state index in [9.17, 15) is 9.50 Å². The van der Waals surface area contributed by atoms with E-state index in [1.54, 1.807) is 12.1 Å². The summed E-state index contributed by atoms with van der Waals surface area (Å²) in [5, 5.41) is 13.7. The summed E-state index contributed by atoms with van der Waals surface area (Å²) in [4.78, 5) is 2.09. The van der Waals surface area contributed by atoms with E-state index in [2.05, 4.69) is 10.1 Å². The zero-order valence-corrected chi connectivity index (χ0v) is 10.4. The van der Waals surface area contributed by atoms with E-state index in [0.717, 1.165) is 11.3 Å². The predicted octanol–water partition coefficient (Wildman–Crippen LogP) is 2.12. The van der Waals surface area contributed by atoms with Gasteiger partial charge >= 0.3 is 0 Å². The molecule has 2 aromatic rings. The van der Waals surface area contributed by atoms with Crippen LogP contribution in [0.1, 0.15) is 23.7 Å². The first-order valence-electron chi connectivity index (χ1n) is 6.29. The summed E-state index contributed by atoms with van der Waals surface area (Å²) in [6.45, 7) is 1.16. The van der Waals surface area contributed by atoms with Gasteiger partial charge in [0.2, 0.25) is 0 Å². The van der Waals surface area contributed by atoms with Crippen molar-refractivity contribution < 1.29 is 14.0 Å². The number of β-amino-alcohol motifs (C(OH)–C–C–N with tert-alkyl or cyclic N) is 1. The molecule has 1 fully saturated rings. The van der Waals surface area contributed by atoms with E-state index < -0.39 is 0 Å². The Kier molecular flexibility index (Phi) is 3.31. The summed E-state index contributed by atoms with van der Waals surface area (Å²) in [5.41, 5.74) is 1.70. The number of aromatic nitrogens is 1. The van der Waals surface area contributed by atoms with Crippen LogP contribution in [0.5, 0.6) is 0 Å². The molecule has 1 aliphatic rings. The van der Waals surface area contributed by atoms with Gasteiger partial charge in [-0.25, -0.2) is 4.39 Å². The maximum absolute atomic E-state index is 13.3. The number of aliphatic hydroxyl groups excluding tert-OH is 1. The van der Waals surface area contributed by atoms with E-state index >= 15 is 0 Å². The van der Waals surface area contributed by atoms with Crippen molar-refractivity contribution in [2.75, 3.05) is 6.54 Å². The average molecular weight is 262 g/mol. The number of hydrogen-bond acceptors (Lipinski definition) is 4. The van der Waals surface area contributed by atoms with Crippen LogP contribution in [0.3, 0.4) is 0 Å². The third-order valence-electron chi connectivity index (χ3n) is 3.47. The van der Waals surface area contributed by atoms with E-state index in [0.29, 0.717) is 19.5 Å². The van der Waals surface area contributed by atoms with Crippen LogP contribution >= 0.6 is 0 Å². The molecule has 0 aliphatic carbocycles. The highest BCUT2D eigenvalue weighted by Crippen LogP contribution is 2.33. The highest BCUT2D eigenvalue weighted by molar-refractivity contribution is 5.22. The molecular weight excluding hydrogens is 247 g/mol. The smallest absolute Gasteiger partial charge is 0.124 e. The van der Waals surface area contributed by atoms with Crippen LogP contribution < -0.4 is 0 Å². The van der Waals surface area contributed by atoms with E-state index in [4.69, 9.17) is 4.52 Å². The second-order valence-corrected chi connectivity index (χ2v) is 4.88. The lowest BCUT2D eigenvalue weighted by Gasteiger charge is -2.23. The number of benzene rings is 1. The van der Waals surface area contributed by atoms with Crippen molar-refractivity contribution in [1.82, 2.24) is 10.1 Å². The molecule has 1 saturated heterocycles. The summed E-state index contributed by atoms with van der Waals surface area (Å²) < 4.78 is 18.1. The first kappa shape index (κ1) is 12.3. The second kappa shape index (κ2) is 5.11. The summed E-state index contributed by atoms with van der Waals surface area (Å²) in [7, 11) is 0. The van der Waals surface area contributed by atoms with Crippen molar-refractivity contribution in [1.29, 1.82) is 0 Å². The van der Waals surface area contributed by atoms with Crippen LogP contribution in [0, 0.1) is 5.82 Å². The molecule has 1 aromatic heterocycles. The number of halogens is 1. The molecule has 0 bridgehead atoms. The van der Waals surface area contributed by atoms with Gasteiger partial charge in [0.1, 0.15) is 12.1 Å². The third-order valence-corrected chi connectivity index (χ3v) is 3.47. The molecule has 2 atom stereocenters. The van der Waals surface area contributed by atoms with Crippen LogP contribution in [0.4, 0.5) is 4.39 Å². The lowest BCUT2D eigenvalue weighted by molar-refractivity contribution is 0.171. The molecule has 1 aromatic carbocycles. The molecule has 0 spiro atoms. The van der Waals surface area contributed by atoms with Crippen molar-refractivity contribution in [2.45, 2.75) is 25.1 Å². The summed E-state index contributed by atoms with van der Waals surface area (Å²) >= 11 is 0. The van der Waals surface area contributed by atoms with Crippen molar-refractivity contribution in [3.63, 3.8) is 0 Å². The normalized spacial score (nSPS) is 23.9. The number of aliphatic hydroxyl groups is 1. The highest BCUT2D eigenvalue weighted by Gasteiger charge is 2.32. The lowest BCUT2D eigenvalue weighted by Crippen LogP contribution is -2.24. The Morgan fingerprint density at radius 3 is 3.05 bits per heavy atom. The van der Waals surface area contributed by atoms with Gasteiger partial charge in [-0.2, -0.15) is 0 Å². The van der Waals surface area contributed by atoms with Gasteiger partial charge in [-0.15, -0.1) is 0 Å². The Balaban J connectivity index is 1.82. The fraction of sp³-hybridized carbons (Fsp3) is 0.357. The number of rotatable bonds is 3. The zero-order valence-electron chi connectivity index (χ0n) is 10.4. The molecule has 4 nitrogen and oxygen atoms in total. The molecule has 1 aliphatic heterocycles. The van der Waals surface area contributed by atoms with Crippen LogP contribution in [0.15, 0.2) is 41.1 Å². The topological polar surface area (TPSA) is 49.5 Å². The van der Waals surface area contributed by atoms with E-state index in [1.165, 1.54) is 18.4 Å². The van der Waals surface area contributed by atoms with Crippen LogP contribution in [-0.2, 0) is 6.54 Å². The molecule has 0 unspecified atom stereocenters. The Bertz CT molecular complexity index is 544. The minimum atomic E-state index is -0.389. The fourth-order valence-corrected chi connectivity index (χ4v) is 2.64.